The molecule has 2 bridgehead atoms. The Hall–Kier alpha value is -0.0800. The molecule has 98 valence electrons. The Bertz CT molecular complexity index is 266. The Morgan fingerprint density at radius 2 is 2.00 bits per heavy atom. The molecule has 2 nitrogen and oxygen atoms in total. The number of rotatable bonds is 3. The molecule has 0 aromatic heterocycles. The van der Waals surface area contributed by atoms with E-state index in [2.05, 4.69) is 11.8 Å². The second-order valence-electron chi connectivity index (χ2n) is 6.92. The molecule has 2 N–H and O–H groups in total. The van der Waals surface area contributed by atoms with Crippen molar-refractivity contribution in [2.24, 2.45) is 29.4 Å². The molecule has 5 atom stereocenters. The first-order valence-corrected chi connectivity index (χ1v) is 7.70. The third kappa shape index (κ3) is 2.39. The van der Waals surface area contributed by atoms with Crippen LogP contribution in [0.4, 0.5) is 0 Å². The molecule has 2 saturated carbocycles. The molecular weight excluding hydrogens is 208 g/mol. The van der Waals surface area contributed by atoms with E-state index in [1.807, 2.05) is 0 Å². The van der Waals surface area contributed by atoms with Crippen LogP contribution in [-0.4, -0.2) is 30.6 Å². The van der Waals surface area contributed by atoms with Crippen molar-refractivity contribution in [3.63, 3.8) is 0 Å². The lowest BCUT2D eigenvalue weighted by Crippen LogP contribution is -2.46. The van der Waals surface area contributed by atoms with Crippen molar-refractivity contribution in [1.82, 2.24) is 4.90 Å². The topological polar surface area (TPSA) is 29.3 Å². The van der Waals surface area contributed by atoms with Crippen molar-refractivity contribution in [3.8, 4) is 0 Å². The number of nitrogens with zero attached hydrogens (tertiary/aromatic N) is 1. The number of piperidine rings is 1. The van der Waals surface area contributed by atoms with Crippen LogP contribution in [0.15, 0.2) is 0 Å². The van der Waals surface area contributed by atoms with Crippen LogP contribution in [0.3, 0.4) is 0 Å². The number of hydrogen-bond acceptors (Lipinski definition) is 2. The van der Waals surface area contributed by atoms with Crippen LogP contribution in [0.5, 0.6) is 0 Å². The van der Waals surface area contributed by atoms with Gasteiger partial charge in [-0.2, -0.15) is 0 Å². The standard InChI is InChI=1S/C15H28N2/c1-11-2-3-13(8-16)9-17(11)10-15-7-12-4-5-14(15)6-12/h11-15H,2-10,16H2,1H3. The molecule has 0 aromatic rings. The molecule has 3 rings (SSSR count). The van der Waals surface area contributed by atoms with E-state index in [9.17, 15) is 0 Å². The molecule has 0 radical (unpaired) electrons. The molecule has 2 aliphatic carbocycles. The summed E-state index contributed by atoms with van der Waals surface area (Å²) in [7, 11) is 0. The van der Waals surface area contributed by atoms with Gasteiger partial charge in [0.2, 0.25) is 0 Å². The summed E-state index contributed by atoms with van der Waals surface area (Å²) in [5.41, 5.74) is 5.85. The molecule has 17 heavy (non-hydrogen) atoms. The molecule has 1 saturated heterocycles. The first kappa shape index (κ1) is 12.0. The van der Waals surface area contributed by atoms with Crippen LogP contribution in [-0.2, 0) is 0 Å². The van der Waals surface area contributed by atoms with Crippen LogP contribution in [0.2, 0.25) is 0 Å². The van der Waals surface area contributed by atoms with Gasteiger partial charge in [-0.1, -0.05) is 6.42 Å². The quantitative estimate of drug-likeness (QED) is 0.815. The molecule has 2 heteroatoms. The van der Waals surface area contributed by atoms with Crippen molar-refractivity contribution >= 4 is 0 Å². The largest absolute Gasteiger partial charge is 0.330 e. The van der Waals surface area contributed by atoms with Gasteiger partial charge in [0.15, 0.2) is 0 Å². The molecule has 3 aliphatic rings. The second-order valence-corrected chi connectivity index (χ2v) is 6.92. The molecule has 0 spiro atoms. The summed E-state index contributed by atoms with van der Waals surface area (Å²) in [6, 6.07) is 0.803. The number of hydrogen-bond donors (Lipinski definition) is 1. The van der Waals surface area contributed by atoms with Crippen molar-refractivity contribution in [2.75, 3.05) is 19.6 Å². The minimum absolute atomic E-state index is 0.768. The number of fused-ring (bicyclic) bond motifs is 2. The monoisotopic (exact) mass is 236 g/mol. The summed E-state index contributed by atoms with van der Waals surface area (Å²) in [5.74, 6) is 3.96. The fraction of sp³-hybridized carbons (Fsp3) is 1.00. The predicted molar refractivity (Wildman–Crippen MR) is 71.8 cm³/mol. The lowest BCUT2D eigenvalue weighted by Gasteiger charge is -2.40. The van der Waals surface area contributed by atoms with Crippen LogP contribution in [0.1, 0.15) is 45.4 Å². The lowest BCUT2D eigenvalue weighted by atomic mass is 9.86. The van der Waals surface area contributed by atoms with Gasteiger partial charge in [-0.25, -0.2) is 0 Å². The van der Waals surface area contributed by atoms with Gasteiger partial charge in [-0.05, 0) is 69.2 Å². The average molecular weight is 236 g/mol. The van der Waals surface area contributed by atoms with E-state index in [0.29, 0.717) is 0 Å². The Balaban J connectivity index is 1.56. The molecule has 3 fully saturated rings. The summed E-state index contributed by atoms with van der Waals surface area (Å²) in [5, 5.41) is 0. The Kier molecular flexibility index (Phi) is 3.45. The fourth-order valence-electron chi connectivity index (χ4n) is 4.61. The minimum Gasteiger partial charge on any atom is -0.330 e. The maximum Gasteiger partial charge on any atom is 0.00672 e. The van der Waals surface area contributed by atoms with Gasteiger partial charge in [0.05, 0.1) is 0 Å². The lowest BCUT2D eigenvalue weighted by molar-refractivity contribution is 0.0879. The van der Waals surface area contributed by atoms with Gasteiger partial charge < -0.3 is 10.6 Å². The van der Waals surface area contributed by atoms with Crippen molar-refractivity contribution in [3.05, 3.63) is 0 Å². The summed E-state index contributed by atoms with van der Waals surface area (Å²) in [6.45, 7) is 5.95. The predicted octanol–water partition coefficient (Wildman–Crippen LogP) is 2.48. The Labute approximate surface area is 106 Å². The maximum atomic E-state index is 5.85. The number of likely N-dealkylation sites (tertiary alicyclic amines) is 1. The fourth-order valence-corrected chi connectivity index (χ4v) is 4.61. The summed E-state index contributed by atoms with van der Waals surface area (Å²) in [4.78, 5) is 2.76. The zero-order valence-electron chi connectivity index (χ0n) is 11.3. The highest BCUT2D eigenvalue weighted by Gasteiger charge is 2.40. The van der Waals surface area contributed by atoms with Gasteiger partial charge >= 0.3 is 0 Å². The molecular formula is C15H28N2. The number of nitrogens with two attached hydrogens (primary N) is 1. The molecule has 1 heterocycles. The third-order valence-corrected chi connectivity index (χ3v) is 5.80. The summed E-state index contributed by atoms with van der Waals surface area (Å²) < 4.78 is 0. The SMILES string of the molecule is CC1CCC(CN)CN1CC1CC2CCC1C2. The molecule has 0 amide bonds. The van der Waals surface area contributed by atoms with E-state index < -0.39 is 0 Å². The molecule has 5 unspecified atom stereocenters. The van der Waals surface area contributed by atoms with E-state index in [1.54, 1.807) is 6.42 Å². The smallest absolute Gasteiger partial charge is 0.00672 e. The van der Waals surface area contributed by atoms with E-state index in [-0.39, 0.29) is 0 Å². The highest BCUT2D eigenvalue weighted by atomic mass is 15.2. The second kappa shape index (κ2) is 4.89. The van der Waals surface area contributed by atoms with Crippen molar-refractivity contribution in [2.45, 2.75) is 51.5 Å². The minimum atomic E-state index is 0.768. The van der Waals surface area contributed by atoms with Crippen molar-refractivity contribution < 1.29 is 0 Å². The van der Waals surface area contributed by atoms with Crippen LogP contribution < -0.4 is 5.73 Å². The van der Waals surface area contributed by atoms with E-state index in [4.69, 9.17) is 5.73 Å². The van der Waals surface area contributed by atoms with Gasteiger partial charge in [-0.3, -0.25) is 0 Å². The van der Waals surface area contributed by atoms with Crippen molar-refractivity contribution in [1.29, 1.82) is 0 Å². The third-order valence-electron chi connectivity index (χ3n) is 5.80. The molecule has 0 aromatic carbocycles. The zero-order chi connectivity index (χ0) is 11.8. The van der Waals surface area contributed by atoms with Gasteiger partial charge in [0.1, 0.15) is 0 Å². The highest BCUT2D eigenvalue weighted by Crippen LogP contribution is 2.48. The Morgan fingerprint density at radius 3 is 2.65 bits per heavy atom. The summed E-state index contributed by atoms with van der Waals surface area (Å²) >= 11 is 0. The summed E-state index contributed by atoms with van der Waals surface area (Å²) in [6.07, 6.45) is 8.85. The van der Waals surface area contributed by atoms with Gasteiger partial charge in [-0.15, -0.1) is 0 Å². The molecule has 1 aliphatic heterocycles. The van der Waals surface area contributed by atoms with E-state index in [1.165, 1.54) is 45.2 Å². The first-order valence-electron chi connectivity index (χ1n) is 7.70. The van der Waals surface area contributed by atoms with Crippen LogP contribution in [0.25, 0.3) is 0 Å². The first-order chi connectivity index (χ1) is 8.26. The van der Waals surface area contributed by atoms with Gasteiger partial charge in [0.25, 0.3) is 0 Å². The van der Waals surface area contributed by atoms with Crippen LogP contribution >= 0.6 is 0 Å². The Morgan fingerprint density at radius 1 is 1.12 bits per heavy atom. The highest BCUT2D eigenvalue weighted by molar-refractivity contribution is 4.92. The maximum absolute atomic E-state index is 5.85. The van der Waals surface area contributed by atoms with Gasteiger partial charge in [0, 0.05) is 19.1 Å². The van der Waals surface area contributed by atoms with Crippen LogP contribution in [0, 0.1) is 23.7 Å². The zero-order valence-corrected chi connectivity index (χ0v) is 11.3. The normalized spacial score (nSPS) is 46.6. The average Bonchev–Trinajstić information content (AvgIpc) is 2.94. The van der Waals surface area contributed by atoms with E-state index >= 15 is 0 Å². The van der Waals surface area contributed by atoms with E-state index in [0.717, 1.165) is 36.3 Å².